The number of thiazole rings is 1. The van der Waals surface area contributed by atoms with Gasteiger partial charge in [-0.3, -0.25) is 4.79 Å². The largest absolute Gasteiger partial charge is 0.481 e. The van der Waals surface area contributed by atoms with E-state index in [1.54, 1.807) is 18.2 Å². The van der Waals surface area contributed by atoms with Crippen LogP contribution in [0.1, 0.15) is 22.9 Å². The number of carboxylic acid groups (broad SMARTS) is 1. The molecule has 0 radical (unpaired) electrons. The lowest BCUT2D eigenvalue weighted by Crippen LogP contribution is -2.08. The molecule has 1 heterocycles. The molecule has 0 fully saturated rings. The van der Waals surface area contributed by atoms with Gasteiger partial charge in [0.2, 0.25) is 0 Å². The Hall–Kier alpha value is -1.10. The topological polar surface area (TPSA) is 50.2 Å². The van der Waals surface area contributed by atoms with Gasteiger partial charge in [-0.2, -0.15) is 0 Å². The van der Waals surface area contributed by atoms with Gasteiger partial charge in [-0.15, -0.1) is 11.3 Å². The second-order valence-corrected chi connectivity index (χ2v) is 6.25. The molecule has 0 saturated heterocycles. The fourth-order valence-corrected chi connectivity index (χ4v) is 4.18. The third kappa shape index (κ3) is 2.14. The van der Waals surface area contributed by atoms with E-state index in [1.807, 2.05) is 0 Å². The van der Waals surface area contributed by atoms with E-state index in [4.69, 9.17) is 28.3 Å². The van der Waals surface area contributed by atoms with Crippen LogP contribution in [0.5, 0.6) is 0 Å². The Morgan fingerprint density at radius 2 is 2.05 bits per heavy atom. The first kappa shape index (κ1) is 12.9. The van der Waals surface area contributed by atoms with E-state index >= 15 is 0 Å². The molecule has 1 N–H and O–H groups in total. The molecule has 0 saturated carbocycles. The van der Waals surface area contributed by atoms with Crippen molar-refractivity contribution in [3.05, 3.63) is 38.8 Å². The third-order valence-electron chi connectivity index (χ3n) is 3.19. The summed E-state index contributed by atoms with van der Waals surface area (Å²) in [7, 11) is 0. The van der Waals surface area contributed by atoms with E-state index in [1.165, 1.54) is 11.3 Å². The summed E-state index contributed by atoms with van der Waals surface area (Å²) in [6, 6.07) is 5.28. The number of nitrogens with zero attached hydrogens (tertiary/aromatic N) is 1. The summed E-state index contributed by atoms with van der Waals surface area (Å²) in [6.45, 7) is 0. The van der Waals surface area contributed by atoms with Gasteiger partial charge in [-0.25, -0.2) is 4.98 Å². The molecule has 98 valence electrons. The van der Waals surface area contributed by atoms with Gasteiger partial charge in [0.25, 0.3) is 0 Å². The van der Waals surface area contributed by atoms with Crippen LogP contribution in [0.3, 0.4) is 0 Å². The van der Waals surface area contributed by atoms with E-state index in [9.17, 15) is 4.79 Å². The third-order valence-corrected chi connectivity index (χ3v) is 4.97. The smallest absolute Gasteiger partial charge is 0.312 e. The first-order chi connectivity index (χ1) is 9.08. The predicted octanol–water partition coefficient (Wildman–Crippen LogP) is 4.23. The highest BCUT2D eigenvalue weighted by atomic mass is 35.5. The van der Waals surface area contributed by atoms with E-state index in [0.29, 0.717) is 32.7 Å². The van der Waals surface area contributed by atoms with E-state index in [2.05, 4.69) is 4.98 Å². The SMILES string of the molecule is O=C(O)C1CCc2sc(-c3c(Cl)cccc3Cl)nc21. The summed E-state index contributed by atoms with van der Waals surface area (Å²) < 4.78 is 0. The highest BCUT2D eigenvalue weighted by molar-refractivity contribution is 7.15. The molecule has 19 heavy (non-hydrogen) atoms. The van der Waals surface area contributed by atoms with Gasteiger partial charge in [0.05, 0.1) is 15.7 Å². The maximum absolute atomic E-state index is 11.2. The Kier molecular flexibility index (Phi) is 3.25. The molecule has 0 spiro atoms. The zero-order valence-electron chi connectivity index (χ0n) is 9.69. The second kappa shape index (κ2) is 4.78. The fraction of sp³-hybridized carbons (Fsp3) is 0.231. The Bertz CT molecular complexity index is 648. The molecule has 1 atom stereocenters. The summed E-state index contributed by atoms with van der Waals surface area (Å²) in [6.07, 6.45) is 1.38. The van der Waals surface area contributed by atoms with Crippen LogP contribution in [-0.4, -0.2) is 16.1 Å². The van der Waals surface area contributed by atoms with Crippen LogP contribution in [0.25, 0.3) is 10.6 Å². The van der Waals surface area contributed by atoms with Crippen LogP contribution < -0.4 is 0 Å². The van der Waals surface area contributed by atoms with Crippen molar-refractivity contribution >= 4 is 40.5 Å². The molecule has 0 amide bonds. The van der Waals surface area contributed by atoms with Crippen molar-refractivity contribution in [3.63, 3.8) is 0 Å². The summed E-state index contributed by atoms with van der Waals surface area (Å²) in [5.41, 5.74) is 1.36. The van der Waals surface area contributed by atoms with E-state index in [-0.39, 0.29) is 0 Å². The van der Waals surface area contributed by atoms with Gasteiger partial charge >= 0.3 is 5.97 Å². The van der Waals surface area contributed by atoms with Gasteiger partial charge in [0, 0.05) is 10.4 Å². The number of hydrogen-bond acceptors (Lipinski definition) is 3. The molecule has 1 aliphatic carbocycles. The van der Waals surface area contributed by atoms with Crippen molar-refractivity contribution in [2.75, 3.05) is 0 Å². The molecule has 1 aliphatic rings. The highest BCUT2D eigenvalue weighted by Crippen LogP contribution is 2.43. The number of carbonyl (C=O) groups is 1. The molecule has 3 nitrogen and oxygen atoms in total. The van der Waals surface area contributed by atoms with Crippen molar-refractivity contribution in [1.29, 1.82) is 0 Å². The van der Waals surface area contributed by atoms with Crippen LogP contribution in [0.4, 0.5) is 0 Å². The number of aryl methyl sites for hydroxylation is 1. The molecule has 3 rings (SSSR count). The number of aliphatic carboxylic acids is 1. The van der Waals surface area contributed by atoms with Crippen molar-refractivity contribution < 1.29 is 9.90 Å². The molecule has 2 aromatic rings. The Balaban J connectivity index is 2.10. The Morgan fingerprint density at radius 3 is 2.68 bits per heavy atom. The van der Waals surface area contributed by atoms with Crippen molar-refractivity contribution in [3.8, 4) is 10.6 Å². The molecular formula is C13H9Cl2NO2S. The van der Waals surface area contributed by atoms with Gasteiger partial charge in [-0.1, -0.05) is 29.3 Å². The lowest BCUT2D eigenvalue weighted by Gasteiger charge is -2.04. The van der Waals surface area contributed by atoms with Crippen molar-refractivity contribution in [1.82, 2.24) is 4.98 Å². The van der Waals surface area contributed by atoms with Crippen LogP contribution in [-0.2, 0) is 11.2 Å². The molecule has 6 heteroatoms. The highest BCUT2D eigenvalue weighted by Gasteiger charge is 2.33. The molecular weight excluding hydrogens is 305 g/mol. The zero-order chi connectivity index (χ0) is 13.6. The minimum absolute atomic E-state index is 0.499. The van der Waals surface area contributed by atoms with E-state index < -0.39 is 11.9 Å². The average molecular weight is 314 g/mol. The number of halogens is 2. The molecule has 0 aliphatic heterocycles. The Morgan fingerprint density at radius 1 is 1.37 bits per heavy atom. The summed E-state index contributed by atoms with van der Waals surface area (Å²) in [5.74, 6) is -1.32. The van der Waals surface area contributed by atoms with Crippen LogP contribution in [0.2, 0.25) is 10.0 Å². The average Bonchev–Trinajstić information content (AvgIpc) is 2.87. The minimum atomic E-state index is -0.819. The number of hydrogen-bond donors (Lipinski definition) is 1. The van der Waals surface area contributed by atoms with Crippen molar-refractivity contribution in [2.24, 2.45) is 0 Å². The molecule has 0 bridgehead atoms. The van der Waals surface area contributed by atoms with Crippen LogP contribution in [0.15, 0.2) is 18.2 Å². The maximum atomic E-state index is 11.2. The Labute approximate surface area is 123 Å². The molecule has 1 unspecified atom stereocenters. The first-order valence-electron chi connectivity index (χ1n) is 5.74. The number of rotatable bonds is 2. The van der Waals surface area contributed by atoms with Gasteiger partial charge in [0.15, 0.2) is 0 Å². The number of carboxylic acids is 1. The fourth-order valence-electron chi connectivity index (χ4n) is 2.28. The van der Waals surface area contributed by atoms with Crippen LogP contribution >= 0.6 is 34.5 Å². The standard InChI is InChI=1S/C13H9Cl2NO2S/c14-7-2-1-3-8(15)10(7)12-16-11-6(13(17)18)4-5-9(11)19-12/h1-3,6H,4-5H2,(H,17,18). The summed E-state index contributed by atoms with van der Waals surface area (Å²) in [4.78, 5) is 16.6. The lowest BCUT2D eigenvalue weighted by molar-refractivity contribution is -0.138. The maximum Gasteiger partial charge on any atom is 0.312 e. The number of aromatic nitrogens is 1. The van der Waals surface area contributed by atoms with Gasteiger partial charge < -0.3 is 5.11 Å². The summed E-state index contributed by atoms with van der Waals surface area (Å²) in [5, 5.41) is 10.9. The molecule has 1 aromatic carbocycles. The van der Waals surface area contributed by atoms with Crippen molar-refractivity contribution in [2.45, 2.75) is 18.8 Å². The lowest BCUT2D eigenvalue weighted by atomic mass is 10.1. The van der Waals surface area contributed by atoms with Gasteiger partial charge in [0.1, 0.15) is 10.9 Å². The first-order valence-corrected chi connectivity index (χ1v) is 7.32. The number of fused-ring (bicyclic) bond motifs is 1. The summed E-state index contributed by atoms with van der Waals surface area (Å²) >= 11 is 13.8. The predicted molar refractivity (Wildman–Crippen MR) is 76.3 cm³/mol. The van der Waals surface area contributed by atoms with Gasteiger partial charge in [-0.05, 0) is 25.0 Å². The normalized spacial score (nSPS) is 17.5. The molecule has 1 aromatic heterocycles. The second-order valence-electron chi connectivity index (χ2n) is 4.35. The number of benzene rings is 1. The quantitative estimate of drug-likeness (QED) is 0.902. The zero-order valence-corrected chi connectivity index (χ0v) is 12.0. The minimum Gasteiger partial charge on any atom is -0.481 e. The monoisotopic (exact) mass is 313 g/mol. The van der Waals surface area contributed by atoms with E-state index in [0.717, 1.165) is 11.3 Å². The van der Waals surface area contributed by atoms with Crippen LogP contribution in [0, 0.1) is 0 Å².